The second-order valence-electron chi connectivity index (χ2n) is 6.67. The van der Waals surface area contributed by atoms with Crippen LogP contribution in [0.2, 0.25) is 0 Å². The highest BCUT2D eigenvalue weighted by Crippen LogP contribution is 2.54. The molecule has 0 amide bonds. The lowest BCUT2D eigenvalue weighted by molar-refractivity contribution is -0.141. The number of cyclic esters (lactones) is 1. The van der Waals surface area contributed by atoms with Gasteiger partial charge in [0.2, 0.25) is 0 Å². The predicted molar refractivity (Wildman–Crippen MR) is 113 cm³/mol. The molecule has 0 unspecified atom stereocenters. The quantitative estimate of drug-likeness (QED) is 0.189. The second-order valence-corrected chi connectivity index (χ2v) is 10.6. The van der Waals surface area contributed by atoms with Gasteiger partial charge in [0.15, 0.2) is 0 Å². The summed E-state index contributed by atoms with van der Waals surface area (Å²) in [6.45, 7) is 2.27. The molecular formula is C19H36O2S3. The van der Waals surface area contributed by atoms with Crippen LogP contribution in [0.5, 0.6) is 0 Å². The Labute approximate surface area is 162 Å². The molecule has 1 aliphatic rings. The van der Waals surface area contributed by atoms with Gasteiger partial charge >= 0.3 is 5.97 Å². The fourth-order valence-electron chi connectivity index (χ4n) is 3.58. The zero-order valence-electron chi connectivity index (χ0n) is 16.0. The maximum Gasteiger partial charge on any atom is 0.306 e. The van der Waals surface area contributed by atoms with Gasteiger partial charge in [0.05, 0.1) is 6.42 Å². The minimum atomic E-state index is 0.00227. The number of esters is 1. The van der Waals surface area contributed by atoms with Crippen molar-refractivity contribution in [1.82, 2.24) is 0 Å². The van der Waals surface area contributed by atoms with Crippen LogP contribution in [0.15, 0.2) is 0 Å². The predicted octanol–water partition coefficient (Wildman–Crippen LogP) is 6.58. The van der Waals surface area contributed by atoms with E-state index in [1.165, 1.54) is 57.8 Å². The van der Waals surface area contributed by atoms with Gasteiger partial charge in [-0.15, -0.1) is 35.3 Å². The van der Waals surface area contributed by atoms with Gasteiger partial charge in [-0.05, 0) is 31.6 Å². The number of unbranched alkanes of at least 4 members (excludes halogenated alkanes) is 8. The molecule has 0 bridgehead atoms. The number of rotatable bonds is 14. The normalized spacial score (nSPS) is 21.2. The number of carbonyl (C=O) groups excluding carboxylic acids is 1. The lowest BCUT2D eigenvalue weighted by Crippen LogP contribution is -2.33. The summed E-state index contributed by atoms with van der Waals surface area (Å²) in [6, 6.07) is 0. The number of hydrogen-bond acceptors (Lipinski definition) is 5. The molecule has 5 heteroatoms. The molecule has 2 atom stereocenters. The zero-order valence-corrected chi connectivity index (χ0v) is 18.4. The van der Waals surface area contributed by atoms with Crippen LogP contribution in [-0.2, 0) is 9.53 Å². The largest absolute Gasteiger partial charge is 0.462 e. The number of hydrogen-bond donors (Lipinski definition) is 0. The highest BCUT2D eigenvalue weighted by molar-refractivity contribution is 8.33. The summed E-state index contributed by atoms with van der Waals surface area (Å²) in [6.07, 6.45) is 20.3. The van der Waals surface area contributed by atoms with E-state index in [0.29, 0.717) is 12.3 Å². The van der Waals surface area contributed by atoms with Crippen molar-refractivity contribution < 1.29 is 9.53 Å². The van der Waals surface area contributed by atoms with E-state index in [9.17, 15) is 4.79 Å². The van der Waals surface area contributed by atoms with E-state index in [0.717, 1.165) is 6.42 Å². The number of carbonyl (C=O) groups is 1. The number of ether oxygens (including phenoxy) is 1. The molecule has 1 fully saturated rings. The average Bonchev–Trinajstić information content (AvgIpc) is 2.97. The monoisotopic (exact) mass is 392 g/mol. The molecule has 0 aromatic carbocycles. The first-order valence-corrected chi connectivity index (χ1v) is 13.2. The summed E-state index contributed by atoms with van der Waals surface area (Å²) in [7, 11) is 0. The molecule has 1 heterocycles. The Morgan fingerprint density at radius 1 is 0.917 bits per heavy atom. The lowest BCUT2D eigenvalue weighted by atomic mass is 9.97. The van der Waals surface area contributed by atoms with E-state index >= 15 is 0 Å². The summed E-state index contributed by atoms with van der Waals surface area (Å²) in [4.78, 5) is 11.9. The Balaban J connectivity index is 2.28. The molecule has 0 aliphatic carbocycles. The first-order valence-electron chi connectivity index (χ1n) is 9.48. The first kappa shape index (κ1) is 22.6. The smallest absolute Gasteiger partial charge is 0.306 e. The topological polar surface area (TPSA) is 26.3 Å². The fraction of sp³-hybridized carbons (Fsp3) is 0.947. The van der Waals surface area contributed by atoms with Gasteiger partial charge in [-0.25, -0.2) is 0 Å². The minimum Gasteiger partial charge on any atom is -0.462 e. The molecule has 0 saturated carbocycles. The van der Waals surface area contributed by atoms with Crippen molar-refractivity contribution >= 4 is 41.3 Å². The van der Waals surface area contributed by atoms with Crippen molar-refractivity contribution in [3.63, 3.8) is 0 Å². The summed E-state index contributed by atoms with van der Waals surface area (Å²) < 4.78 is 5.73. The van der Waals surface area contributed by atoms with E-state index in [-0.39, 0.29) is 15.5 Å². The van der Waals surface area contributed by atoms with Crippen LogP contribution >= 0.6 is 35.3 Å². The van der Waals surface area contributed by atoms with Crippen molar-refractivity contribution in [3.05, 3.63) is 0 Å². The van der Waals surface area contributed by atoms with Crippen LogP contribution in [0.25, 0.3) is 0 Å². The molecule has 0 spiro atoms. The molecule has 1 aliphatic heterocycles. The van der Waals surface area contributed by atoms with Crippen LogP contribution in [0.3, 0.4) is 0 Å². The van der Waals surface area contributed by atoms with Crippen molar-refractivity contribution in [2.45, 2.75) is 87.1 Å². The van der Waals surface area contributed by atoms with E-state index in [1.807, 2.05) is 35.3 Å². The van der Waals surface area contributed by atoms with E-state index in [4.69, 9.17) is 4.74 Å². The Morgan fingerprint density at radius 2 is 1.42 bits per heavy atom. The van der Waals surface area contributed by atoms with E-state index in [1.54, 1.807) is 0 Å². The van der Waals surface area contributed by atoms with E-state index < -0.39 is 0 Å². The standard InChI is InChI=1S/C19H36O2S3/c1-5-6-7-8-9-10-11-12-13-14-17-16(15-18(20)21-17)19(22-2,23-3)24-4/h16-17H,5-15H2,1-4H3/t16-,17+/m1/s1. The fourth-order valence-corrected chi connectivity index (χ4v) is 7.20. The van der Waals surface area contributed by atoms with Gasteiger partial charge < -0.3 is 4.74 Å². The lowest BCUT2D eigenvalue weighted by Gasteiger charge is -2.36. The first-order chi connectivity index (χ1) is 11.6. The molecule has 1 rings (SSSR count). The van der Waals surface area contributed by atoms with Gasteiger partial charge in [-0.2, -0.15) is 0 Å². The Morgan fingerprint density at radius 3 is 1.92 bits per heavy atom. The highest BCUT2D eigenvalue weighted by atomic mass is 32.3. The third-order valence-electron chi connectivity index (χ3n) is 5.02. The Hall–Kier alpha value is 0.520. The Bertz CT molecular complexity index is 337. The third kappa shape index (κ3) is 7.03. The minimum absolute atomic E-state index is 0.00227. The van der Waals surface area contributed by atoms with Gasteiger partial charge in [0.25, 0.3) is 0 Å². The molecule has 1 saturated heterocycles. The van der Waals surface area contributed by atoms with Gasteiger partial charge in [0.1, 0.15) is 9.52 Å². The summed E-state index contributed by atoms with van der Waals surface area (Å²) >= 11 is 5.61. The van der Waals surface area contributed by atoms with Gasteiger partial charge in [-0.3, -0.25) is 4.79 Å². The molecule has 2 nitrogen and oxygen atoms in total. The maximum absolute atomic E-state index is 11.9. The van der Waals surface area contributed by atoms with Crippen molar-refractivity contribution in [3.8, 4) is 0 Å². The van der Waals surface area contributed by atoms with Crippen LogP contribution in [0.4, 0.5) is 0 Å². The van der Waals surface area contributed by atoms with Crippen LogP contribution in [0.1, 0.15) is 77.6 Å². The third-order valence-corrected chi connectivity index (χ3v) is 10.6. The van der Waals surface area contributed by atoms with Crippen molar-refractivity contribution in [2.24, 2.45) is 5.92 Å². The average molecular weight is 393 g/mol. The van der Waals surface area contributed by atoms with Crippen LogP contribution in [0, 0.1) is 5.92 Å². The summed E-state index contributed by atoms with van der Waals surface area (Å²) in [5.41, 5.74) is 0. The molecule has 0 aromatic rings. The van der Waals surface area contributed by atoms with E-state index in [2.05, 4.69) is 25.7 Å². The van der Waals surface area contributed by atoms with Crippen LogP contribution < -0.4 is 0 Å². The Kier molecular flexibility index (Phi) is 12.0. The summed E-state index contributed by atoms with van der Waals surface area (Å²) in [5, 5.41) is 0. The molecule has 0 radical (unpaired) electrons. The maximum atomic E-state index is 11.9. The SMILES string of the molecule is CCCCCCCCCCC[C@@H]1OC(=O)C[C@H]1C(SC)(SC)SC. The molecule has 0 aromatic heterocycles. The highest BCUT2D eigenvalue weighted by Gasteiger charge is 2.48. The second kappa shape index (κ2) is 12.8. The van der Waals surface area contributed by atoms with Gasteiger partial charge in [-0.1, -0.05) is 58.3 Å². The van der Waals surface area contributed by atoms with Crippen LogP contribution in [-0.4, -0.2) is 34.3 Å². The molecular weight excluding hydrogens is 356 g/mol. The molecule has 0 N–H and O–H groups in total. The summed E-state index contributed by atoms with van der Waals surface area (Å²) in [5.74, 6) is 0.335. The molecule has 24 heavy (non-hydrogen) atoms. The molecule has 142 valence electrons. The van der Waals surface area contributed by atoms with Gasteiger partial charge in [0, 0.05) is 5.92 Å². The van der Waals surface area contributed by atoms with Crippen molar-refractivity contribution in [1.29, 1.82) is 0 Å². The number of thioether (sulfide) groups is 3. The van der Waals surface area contributed by atoms with Crippen molar-refractivity contribution in [2.75, 3.05) is 18.8 Å². The zero-order chi connectivity index (χ0) is 17.8.